The lowest BCUT2D eigenvalue weighted by molar-refractivity contribution is 0.0697. The van der Waals surface area contributed by atoms with Gasteiger partial charge in [-0.3, -0.25) is 4.89 Å². The normalized spacial score (nSPS) is 13.2. The zero-order valence-corrected chi connectivity index (χ0v) is 12.0. The molecule has 7 heteroatoms. The molecule has 0 aliphatic heterocycles. The zero-order chi connectivity index (χ0) is 15.5. The number of hydrogen-bond acceptors (Lipinski definition) is 4. The van der Waals surface area contributed by atoms with Gasteiger partial charge in [0.1, 0.15) is 11.5 Å². The quantitative estimate of drug-likeness (QED) is 0.824. The molecule has 0 bridgehead atoms. The second-order valence-electron chi connectivity index (χ2n) is 4.29. The van der Waals surface area contributed by atoms with Crippen LogP contribution in [0.1, 0.15) is 15.9 Å². The van der Waals surface area contributed by atoms with Crippen molar-refractivity contribution in [3.05, 3.63) is 59.7 Å². The van der Waals surface area contributed by atoms with Crippen molar-refractivity contribution in [2.75, 3.05) is 0 Å². The standard InChI is InChI=1S/C14H13O6P/c1-10-2-6-12(7-3-10)19-21(17,18)20-13-8-4-11(5-9-13)14(15)16/h2-9H,1H3,(H,15,16)(H,17,18). The number of carbonyl (C=O) groups is 1. The second kappa shape index (κ2) is 5.99. The molecule has 0 aliphatic carbocycles. The van der Waals surface area contributed by atoms with Crippen molar-refractivity contribution in [2.24, 2.45) is 0 Å². The van der Waals surface area contributed by atoms with Gasteiger partial charge in [0, 0.05) is 0 Å². The Morgan fingerprint density at radius 3 is 1.81 bits per heavy atom. The molecule has 2 aromatic rings. The summed E-state index contributed by atoms with van der Waals surface area (Å²) in [4.78, 5) is 20.4. The number of carboxylic acid groups (broad SMARTS) is 1. The number of rotatable bonds is 5. The van der Waals surface area contributed by atoms with Crippen LogP contribution in [0.5, 0.6) is 11.5 Å². The Kier molecular flexibility index (Phi) is 4.31. The molecule has 110 valence electrons. The van der Waals surface area contributed by atoms with E-state index in [9.17, 15) is 14.3 Å². The Labute approximate surface area is 121 Å². The van der Waals surface area contributed by atoms with E-state index in [1.54, 1.807) is 24.3 Å². The van der Waals surface area contributed by atoms with Crippen LogP contribution in [-0.2, 0) is 4.57 Å². The fraction of sp³-hybridized carbons (Fsp3) is 0.0714. The minimum absolute atomic E-state index is 0.0398. The lowest BCUT2D eigenvalue weighted by atomic mass is 10.2. The van der Waals surface area contributed by atoms with E-state index in [-0.39, 0.29) is 17.1 Å². The molecule has 0 aliphatic rings. The van der Waals surface area contributed by atoms with Crippen LogP contribution in [0.25, 0.3) is 0 Å². The Bertz CT molecular complexity index is 678. The van der Waals surface area contributed by atoms with Crippen molar-refractivity contribution in [3.63, 3.8) is 0 Å². The maximum atomic E-state index is 11.9. The van der Waals surface area contributed by atoms with E-state index in [2.05, 4.69) is 0 Å². The predicted octanol–water partition coefficient (Wildman–Crippen LogP) is 3.25. The summed E-state index contributed by atoms with van der Waals surface area (Å²) in [6.07, 6.45) is 0. The van der Waals surface area contributed by atoms with Gasteiger partial charge in [-0.1, -0.05) is 17.7 Å². The predicted molar refractivity (Wildman–Crippen MR) is 75.7 cm³/mol. The summed E-state index contributed by atoms with van der Waals surface area (Å²) < 4.78 is 21.6. The van der Waals surface area contributed by atoms with Crippen molar-refractivity contribution < 1.29 is 28.4 Å². The molecule has 0 heterocycles. The van der Waals surface area contributed by atoms with Crippen LogP contribution in [0, 0.1) is 6.92 Å². The molecule has 1 unspecified atom stereocenters. The molecule has 2 aromatic carbocycles. The van der Waals surface area contributed by atoms with E-state index in [1.807, 2.05) is 6.92 Å². The van der Waals surface area contributed by atoms with Gasteiger partial charge in [-0.15, -0.1) is 0 Å². The molecule has 0 radical (unpaired) electrons. The zero-order valence-electron chi connectivity index (χ0n) is 11.1. The van der Waals surface area contributed by atoms with E-state index >= 15 is 0 Å². The number of hydrogen-bond donors (Lipinski definition) is 2. The lowest BCUT2D eigenvalue weighted by Crippen LogP contribution is -2.00. The fourth-order valence-electron chi connectivity index (χ4n) is 1.54. The molecule has 1 atom stereocenters. The first kappa shape index (κ1) is 15.1. The molecule has 0 saturated heterocycles. The van der Waals surface area contributed by atoms with E-state index in [4.69, 9.17) is 14.2 Å². The number of phosphoric ester groups is 1. The van der Waals surface area contributed by atoms with Gasteiger partial charge >= 0.3 is 13.8 Å². The van der Waals surface area contributed by atoms with Crippen LogP contribution < -0.4 is 9.05 Å². The van der Waals surface area contributed by atoms with Gasteiger partial charge in [0.25, 0.3) is 0 Å². The second-order valence-corrected chi connectivity index (χ2v) is 5.60. The van der Waals surface area contributed by atoms with Crippen molar-refractivity contribution in [3.8, 4) is 11.5 Å². The minimum Gasteiger partial charge on any atom is -0.478 e. The van der Waals surface area contributed by atoms with Gasteiger partial charge in [-0.25, -0.2) is 9.36 Å². The smallest absolute Gasteiger partial charge is 0.478 e. The van der Waals surface area contributed by atoms with Crippen molar-refractivity contribution in [2.45, 2.75) is 6.92 Å². The third kappa shape index (κ3) is 4.34. The Morgan fingerprint density at radius 2 is 1.38 bits per heavy atom. The van der Waals surface area contributed by atoms with Gasteiger partial charge in [0.05, 0.1) is 5.56 Å². The first-order valence-electron chi connectivity index (χ1n) is 5.98. The average molecular weight is 308 g/mol. The number of aromatic carboxylic acids is 1. The molecular weight excluding hydrogens is 295 g/mol. The summed E-state index contributed by atoms with van der Waals surface area (Å²) >= 11 is 0. The highest BCUT2D eigenvalue weighted by Gasteiger charge is 2.25. The SMILES string of the molecule is Cc1ccc(OP(=O)(O)Oc2ccc(C(=O)O)cc2)cc1. The maximum absolute atomic E-state index is 11.9. The molecular formula is C14H13O6P. The van der Waals surface area contributed by atoms with E-state index in [1.165, 1.54) is 24.3 Å². The van der Waals surface area contributed by atoms with Crippen LogP contribution in [0.2, 0.25) is 0 Å². The summed E-state index contributed by atoms with van der Waals surface area (Å²) in [5.41, 5.74) is 1.04. The molecule has 2 N–H and O–H groups in total. The fourth-order valence-corrected chi connectivity index (χ4v) is 2.36. The summed E-state index contributed by atoms with van der Waals surface area (Å²) in [5, 5.41) is 8.76. The Balaban J connectivity index is 2.08. The van der Waals surface area contributed by atoms with Gasteiger partial charge < -0.3 is 14.2 Å². The molecule has 0 aromatic heterocycles. The van der Waals surface area contributed by atoms with Gasteiger partial charge in [-0.05, 0) is 43.3 Å². The Hall–Kier alpha value is -2.30. The van der Waals surface area contributed by atoms with Crippen LogP contribution >= 0.6 is 7.82 Å². The molecule has 21 heavy (non-hydrogen) atoms. The molecule has 0 fully saturated rings. The molecule has 2 rings (SSSR count). The topological polar surface area (TPSA) is 93.1 Å². The molecule has 0 saturated carbocycles. The monoisotopic (exact) mass is 308 g/mol. The highest BCUT2D eigenvalue weighted by atomic mass is 31.2. The van der Waals surface area contributed by atoms with Crippen LogP contribution in [0.4, 0.5) is 0 Å². The number of phosphoric acid groups is 1. The number of aryl methyl sites for hydroxylation is 1. The molecule has 6 nitrogen and oxygen atoms in total. The summed E-state index contributed by atoms with van der Waals surface area (Å²) in [6.45, 7) is 1.88. The first-order valence-corrected chi connectivity index (χ1v) is 7.47. The Morgan fingerprint density at radius 1 is 0.952 bits per heavy atom. The van der Waals surface area contributed by atoms with Crippen LogP contribution in [0.3, 0.4) is 0 Å². The highest BCUT2D eigenvalue weighted by molar-refractivity contribution is 7.48. The van der Waals surface area contributed by atoms with Gasteiger partial charge in [0.2, 0.25) is 0 Å². The van der Waals surface area contributed by atoms with E-state index in [0.717, 1.165) is 5.56 Å². The highest BCUT2D eigenvalue weighted by Crippen LogP contribution is 2.44. The minimum atomic E-state index is -4.34. The lowest BCUT2D eigenvalue weighted by Gasteiger charge is -2.13. The molecule has 0 amide bonds. The maximum Gasteiger partial charge on any atom is 0.584 e. The number of carboxylic acids is 1. The van der Waals surface area contributed by atoms with Gasteiger partial charge in [-0.2, -0.15) is 0 Å². The van der Waals surface area contributed by atoms with Crippen LogP contribution in [0.15, 0.2) is 48.5 Å². The average Bonchev–Trinajstić information content (AvgIpc) is 2.41. The summed E-state index contributed by atoms with van der Waals surface area (Å²) in [7, 11) is -4.34. The number of benzene rings is 2. The van der Waals surface area contributed by atoms with Crippen molar-refractivity contribution in [1.29, 1.82) is 0 Å². The summed E-state index contributed by atoms with van der Waals surface area (Å²) in [6, 6.07) is 11.7. The first-order chi connectivity index (χ1) is 9.85. The van der Waals surface area contributed by atoms with E-state index < -0.39 is 13.8 Å². The van der Waals surface area contributed by atoms with E-state index in [0.29, 0.717) is 0 Å². The summed E-state index contributed by atoms with van der Waals surface area (Å²) in [5.74, 6) is -0.851. The van der Waals surface area contributed by atoms with Crippen molar-refractivity contribution in [1.82, 2.24) is 0 Å². The van der Waals surface area contributed by atoms with Gasteiger partial charge in [0.15, 0.2) is 0 Å². The van der Waals surface area contributed by atoms with Crippen LogP contribution in [-0.4, -0.2) is 16.0 Å². The third-order valence-corrected chi connectivity index (χ3v) is 3.45. The molecule has 0 spiro atoms. The third-order valence-electron chi connectivity index (χ3n) is 2.56. The van der Waals surface area contributed by atoms with Crippen molar-refractivity contribution >= 4 is 13.8 Å². The largest absolute Gasteiger partial charge is 0.584 e.